The highest BCUT2D eigenvalue weighted by atomic mass is 16.2. The van der Waals surface area contributed by atoms with Crippen LogP contribution in [0.1, 0.15) is 47.8 Å². The van der Waals surface area contributed by atoms with Crippen LogP contribution in [-0.2, 0) is 0 Å². The molecule has 150 valence electrons. The van der Waals surface area contributed by atoms with Gasteiger partial charge < -0.3 is 11.1 Å². The molecule has 1 saturated carbocycles. The zero-order valence-corrected chi connectivity index (χ0v) is 16.1. The molecule has 1 aliphatic carbocycles. The minimum atomic E-state index is -0.321. The predicted molar refractivity (Wildman–Crippen MR) is 108 cm³/mol. The number of aryl methyl sites for hydroxylation is 1. The molecule has 2 aromatic heterocycles. The number of aromatic nitrogens is 5. The molecule has 1 aromatic carbocycles. The average molecular weight is 393 g/mol. The second-order valence-electron chi connectivity index (χ2n) is 7.44. The number of rotatable bonds is 4. The van der Waals surface area contributed by atoms with Gasteiger partial charge >= 0.3 is 0 Å². The van der Waals surface area contributed by atoms with Crippen LogP contribution in [0, 0.1) is 6.92 Å². The number of aromatic amines is 1. The Morgan fingerprint density at radius 3 is 2.72 bits per heavy atom. The fourth-order valence-electron chi connectivity index (χ4n) is 3.53. The van der Waals surface area contributed by atoms with E-state index in [1.54, 1.807) is 16.9 Å². The number of nitrogens with zero attached hydrogens (tertiary/aromatic N) is 4. The number of hydrogen-bond donors (Lipinski definition) is 3. The maximum Gasteiger partial charge on any atom is 0.277 e. The molecular formula is C20H23N7O2. The van der Waals surface area contributed by atoms with Crippen LogP contribution in [0.3, 0.4) is 0 Å². The average Bonchev–Trinajstić information content (AvgIpc) is 3.21. The summed E-state index contributed by atoms with van der Waals surface area (Å²) in [5.74, 6) is -0.321. The van der Waals surface area contributed by atoms with E-state index in [0.717, 1.165) is 36.8 Å². The number of carbonyl (C=O) groups excluding carboxylic acids is 1. The normalized spacial score (nSPS) is 19.1. The molecule has 3 aromatic rings. The molecule has 4 rings (SSSR count). The van der Waals surface area contributed by atoms with Crippen molar-refractivity contribution in [1.29, 1.82) is 0 Å². The largest absolute Gasteiger partial charge is 0.328 e. The fourth-order valence-corrected chi connectivity index (χ4v) is 3.53. The Bertz CT molecular complexity index is 1060. The molecule has 0 spiro atoms. The standard InChI is InChI=1S/C20H23N7O2/c1-12-2-3-13(16-8-9-19(28)25-23-16)10-17(12)22-20(29)18-11-27(26-24-18)15-6-4-14(21)5-7-15/h2-3,8-11,14-15H,4-7,21H2,1H3,(H,22,29)(H,25,28). The molecule has 1 fully saturated rings. The number of anilines is 1. The van der Waals surface area contributed by atoms with Gasteiger partial charge in [-0.3, -0.25) is 9.59 Å². The lowest BCUT2D eigenvalue weighted by Gasteiger charge is -2.25. The second kappa shape index (κ2) is 7.96. The first-order valence-electron chi connectivity index (χ1n) is 9.65. The van der Waals surface area contributed by atoms with E-state index in [2.05, 4.69) is 25.8 Å². The first-order chi connectivity index (χ1) is 14.0. The van der Waals surface area contributed by atoms with Crippen molar-refractivity contribution in [3.05, 3.63) is 58.1 Å². The van der Waals surface area contributed by atoms with Gasteiger partial charge in [0.15, 0.2) is 5.69 Å². The lowest BCUT2D eigenvalue weighted by Crippen LogP contribution is -2.28. The Labute approximate surface area is 167 Å². The highest BCUT2D eigenvalue weighted by Gasteiger charge is 2.22. The molecule has 0 unspecified atom stereocenters. The van der Waals surface area contributed by atoms with E-state index >= 15 is 0 Å². The topological polar surface area (TPSA) is 132 Å². The summed E-state index contributed by atoms with van der Waals surface area (Å²) < 4.78 is 1.77. The van der Waals surface area contributed by atoms with Gasteiger partial charge in [-0.1, -0.05) is 17.3 Å². The number of benzene rings is 1. The summed E-state index contributed by atoms with van der Waals surface area (Å²) >= 11 is 0. The summed E-state index contributed by atoms with van der Waals surface area (Å²) in [5.41, 5.74) is 8.91. The minimum absolute atomic E-state index is 0.236. The zero-order valence-electron chi connectivity index (χ0n) is 16.1. The van der Waals surface area contributed by atoms with Gasteiger partial charge in [-0.05, 0) is 50.3 Å². The third kappa shape index (κ3) is 4.24. The Morgan fingerprint density at radius 1 is 1.21 bits per heavy atom. The maximum absolute atomic E-state index is 12.7. The van der Waals surface area contributed by atoms with Gasteiger partial charge in [-0.25, -0.2) is 9.78 Å². The van der Waals surface area contributed by atoms with Crippen molar-refractivity contribution in [3.8, 4) is 11.3 Å². The van der Waals surface area contributed by atoms with E-state index in [9.17, 15) is 9.59 Å². The van der Waals surface area contributed by atoms with Crippen LogP contribution in [0.5, 0.6) is 0 Å². The Balaban J connectivity index is 1.50. The number of carbonyl (C=O) groups is 1. The second-order valence-corrected chi connectivity index (χ2v) is 7.44. The molecule has 0 radical (unpaired) electrons. The van der Waals surface area contributed by atoms with Crippen LogP contribution < -0.4 is 16.6 Å². The third-order valence-electron chi connectivity index (χ3n) is 5.32. The molecule has 0 saturated heterocycles. The first kappa shape index (κ1) is 19.0. The summed E-state index contributed by atoms with van der Waals surface area (Å²) in [6.07, 6.45) is 5.49. The molecule has 0 atom stereocenters. The summed E-state index contributed by atoms with van der Waals surface area (Å²) in [5, 5.41) is 17.5. The highest BCUT2D eigenvalue weighted by molar-refractivity contribution is 6.03. The first-order valence-corrected chi connectivity index (χ1v) is 9.65. The highest BCUT2D eigenvalue weighted by Crippen LogP contribution is 2.27. The number of H-pyrrole nitrogens is 1. The molecule has 4 N–H and O–H groups in total. The molecule has 29 heavy (non-hydrogen) atoms. The van der Waals surface area contributed by atoms with E-state index in [0.29, 0.717) is 11.4 Å². The lowest BCUT2D eigenvalue weighted by atomic mass is 9.92. The molecule has 9 heteroatoms. The van der Waals surface area contributed by atoms with Crippen molar-refractivity contribution < 1.29 is 4.79 Å². The number of nitrogens with two attached hydrogens (primary N) is 1. The monoisotopic (exact) mass is 393 g/mol. The maximum atomic E-state index is 12.7. The zero-order chi connectivity index (χ0) is 20.4. The Hall–Kier alpha value is -3.33. The van der Waals surface area contributed by atoms with E-state index in [1.165, 1.54) is 6.07 Å². The molecule has 1 amide bonds. The molecule has 9 nitrogen and oxygen atoms in total. The van der Waals surface area contributed by atoms with Gasteiger partial charge in [0.05, 0.1) is 17.9 Å². The van der Waals surface area contributed by atoms with E-state index < -0.39 is 0 Å². The van der Waals surface area contributed by atoms with Crippen molar-refractivity contribution in [2.75, 3.05) is 5.32 Å². The molecule has 0 bridgehead atoms. The van der Waals surface area contributed by atoms with Gasteiger partial charge in [-0.2, -0.15) is 5.10 Å². The third-order valence-corrected chi connectivity index (χ3v) is 5.32. The number of hydrogen-bond acceptors (Lipinski definition) is 6. The SMILES string of the molecule is Cc1ccc(-c2ccc(=O)[nH]n2)cc1NC(=O)c1cn(C2CCC(N)CC2)nn1. The smallest absolute Gasteiger partial charge is 0.277 e. The van der Waals surface area contributed by atoms with Crippen molar-refractivity contribution in [2.45, 2.75) is 44.7 Å². The van der Waals surface area contributed by atoms with Crippen LogP contribution in [-0.4, -0.2) is 37.1 Å². The van der Waals surface area contributed by atoms with Crippen molar-refractivity contribution in [3.63, 3.8) is 0 Å². The van der Waals surface area contributed by atoms with Gasteiger partial charge in [0.25, 0.3) is 11.5 Å². The van der Waals surface area contributed by atoms with Gasteiger partial charge in [0.1, 0.15) is 0 Å². The summed E-state index contributed by atoms with van der Waals surface area (Å²) in [6, 6.07) is 9.13. The summed E-state index contributed by atoms with van der Waals surface area (Å²) in [6.45, 7) is 1.90. The van der Waals surface area contributed by atoms with Gasteiger partial charge in [0.2, 0.25) is 0 Å². The molecule has 1 aliphatic rings. The Kier molecular flexibility index (Phi) is 5.22. The van der Waals surface area contributed by atoms with Crippen molar-refractivity contribution in [2.24, 2.45) is 5.73 Å². The fraction of sp³-hybridized carbons (Fsp3) is 0.350. The van der Waals surface area contributed by atoms with E-state index in [-0.39, 0.29) is 29.2 Å². The van der Waals surface area contributed by atoms with Crippen LogP contribution >= 0.6 is 0 Å². The Morgan fingerprint density at radius 2 is 2.00 bits per heavy atom. The number of nitrogens with one attached hydrogen (secondary N) is 2. The van der Waals surface area contributed by atoms with Crippen LogP contribution in [0.25, 0.3) is 11.3 Å². The van der Waals surface area contributed by atoms with Crippen molar-refractivity contribution in [1.82, 2.24) is 25.2 Å². The van der Waals surface area contributed by atoms with Crippen LogP contribution in [0.15, 0.2) is 41.3 Å². The summed E-state index contributed by atoms with van der Waals surface area (Å²) in [4.78, 5) is 23.9. The van der Waals surface area contributed by atoms with E-state index in [1.807, 2.05) is 25.1 Å². The van der Waals surface area contributed by atoms with Gasteiger partial charge in [0, 0.05) is 23.4 Å². The van der Waals surface area contributed by atoms with Crippen LogP contribution in [0.2, 0.25) is 0 Å². The summed E-state index contributed by atoms with van der Waals surface area (Å²) in [7, 11) is 0. The van der Waals surface area contributed by atoms with Crippen molar-refractivity contribution >= 4 is 11.6 Å². The molecule has 0 aliphatic heterocycles. The quantitative estimate of drug-likeness (QED) is 0.621. The minimum Gasteiger partial charge on any atom is -0.328 e. The van der Waals surface area contributed by atoms with Crippen LogP contribution in [0.4, 0.5) is 5.69 Å². The number of amides is 1. The lowest BCUT2D eigenvalue weighted by molar-refractivity contribution is 0.102. The molecule has 2 heterocycles. The molecular weight excluding hydrogens is 370 g/mol. The van der Waals surface area contributed by atoms with Gasteiger partial charge in [-0.15, -0.1) is 5.10 Å². The predicted octanol–water partition coefficient (Wildman–Crippen LogP) is 2.03. The van der Waals surface area contributed by atoms with E-state index in [4.69, 9.17) is 5.73 Å².